The van der Waals surface area contributed by atoms with E-state index in [-0.39, 0.29) is 2.85 Å². The minimum atomic E-state index is -0.685. The molecule has 0 amide bonds. The molecule has 0 aliphatic rings. The quantitative estimate of drug-likeness (QED) is 0.413. The summed E-state index contributed by atoms with van der Waals surface area (Å²) in [4.78, 5) is 0. The van der Waals surface area contributed by atoms with E-state index >= 15 is 0 Å². The molecular weight excluding hydrogens is 250 g/mol. The normalized spacial score (nSPS) is 12.0. The van der Waals surface area contributed by atoms with E-state index in [9.17, 15) is 0 Å². The van der Waals surface area contributed by atoms with Gasteiger partial charge in [-0.05, 0) is 0 Å². The molecule has 0 heterocycles. The maximum atomic E-state index is 5.57. The number of unbranched alkanes of at least 4 members (excludes halogenated alkanes) is 1. The Balaban J connectivity index is 2.72. The van der Waals surface area contributed by atoms with Crippen LogP contribution in [0.4, 0.5) is 0 Å². The van der Waals surface area contributed by atoms with Crippen molar-refractivity contribution in [2.45, 2.75) is 27.1 Å². The van der Waals surface area contributed by atoms with E-state index < -0.39 is 21.1 Å². The molecule has 0 saturated heterocycles. The van der Waals surface area contributed by atoms with Gasteiger partial charge in [-0.2, -0.15) is 0 Å². The van der Waals surface area contributed by atoms with Gasteiger partial charge in [0.05, 0.1) is 0 Å². The van der Waals surface area contributed by atoms with Crippen LogP contribution in [0.1, 0.15) is 19.8 Å². The summed E-state index contributed by atoms with van der Waals surface area (Å²) in [5, 5.41) is 0. The van der Waals surface area contributed by atoms with Crippen LogP contribution in [-0.4, -0.2) is 24.0 Å². The Morgan fingerprint density at radius 3 is 2.50 bits per heavy atom. The summed E-state index contributed by atoms with van der Waals surface area (Å²) in [6.45, 7) is 2.20. The Morgan fingerprint density at radius 2 is 2.12 bits per heavy atom. The molecule has 50 valence electrons. The van der Waals surface area contributed by atoms with Crippen LogP contribution in [0.2, 0.25) is 4.44 Å². The molecule has 0 aliphatic heterocycles. The van der Waals surface area contributed by atoms with Crippen LogP contribution < -0.4 is 0 Å². The third-order valence-electron chi connectivity index (χ3n) is 1.03. The van der Waals surface area contributed by atoms with Gasteiger partial charge >= 0.3 is 71.4 Å². The molecule has 0 aromatic rings. The summed E-state index contributed by atoms with van der Waals surface area (Å²) >= 11 is 10.5. The van der Waals surface area contributed by atoms with Crippen LogP contribution >= 0.6 is 23.2 Å². The van der Waals surface area contributed by atoms with Crippen molar-refractivity contribution < 1.29 is 0 Å². The van der Waals surface area contributed by atoms with Gasteiger partial charge in [-0.1, -0.05) is 0 Å². The average molecular weight is 262 g/mol. The van der Waals surface area contributed by atoms with Gasteiger partial charge in [0, 0.05) is 0 Å². The Bertz CT molecular complexity index is 47.7. The fourth-order valence-electron chi connectivity index (χ4n) is 0.549. The molecular formula is C5H12Cl2Sn. The van der Waals surface area contributed by atoms with Crippen molar-refractivity contribution in [3.05, 3.63) is 0 Å². The maximum absolute atomic E-state index is 5.57. The van der Waals surface area contributed by atoms with Crippen LogP contribution in [0.3, 0.4) is 0 Å². The molecule has 8 heavy (non-hydrogen) atoms. The number of alkyl halides is 2. The van der Waals surface area contributed by atoms with E-state index in [2.05, 4.69) is 6.92 Å². The van der Waals surface area contributed by atoms with Crippen molar-refractivity contribution in [1.29, 1.82) is 0 Å². The zero-order valence-corrected chi connectivity index (χ0v) is 10.7. The van der Waals surface area contributed by atoms with Crippen molar-refractivity contribution in [2.75, 3.05) is 0 Å². The number of halogens is 2. The van der Waals surface area contributed by atoms with E-state index in [1.807, 2.05) is 0 Å². The zero-order valence-electron chi connectivity index (χ0n) is 5.16. The van der Waals surface area contributed by atoms with Crippen molar-refractivity contribution in [1.82, 2.24) is 0 Å². The molecule has 0 saturated carbocycles. The molecule has 0 aromatic heterocycles. The second kappa shape index (κ2) is 6.50. The molecule has 0 aliphatic carbocycles. The van der Waals surface area contributed by atoms with Gasteiger partial charge < -0.3 is 0 Å². The molecule has 0 radical (unpaired) electrons. The minimum absolute atomic E-state index is 0.0587. The second-order valence-electron chi connectivity index (χ2n) is 1.89. The summed E-state index contributed by atoms with van der Waals surface area (Å²) in [6, 6.07) is 0. The fourth-order valence-corrected chi connectivity index (χ4v) is 5.75. The Kier molecular flexibility index (Phi) is 7.62. The molecule has 0 nitrogen and oxygen atoms in total. The summed E-state index contributed by atoms with van der Waals surface area (Å²) < 4.78 is 1.43. The van der Waals surface area contributed by atoms with Gasteiger partial charge in [0.2, 0.25) is 0 Å². The first kappa shape index (κ1) is 9.38. The predicted molar refractivity (Wildman–Crippen MR) is 43.8 cm³/mol. The molecule has 0 unspecified atom stereocenters. The van der Waals surface area contributed by atoms with E-state index in [0.717, 1.165) is 0 Å². The van der Waals surface area contributed by atoms with Gasteiger partial charge in [-0.25, -0.2) is 0 Å². The fraction of sp³-hybridized carbons (Fsp3) is 1.00. The molecule has 0 N–H and O–H groups in total. The first-order chi connectivity index (χ1) is 3.77. The van der Waals surface area contributed by atoms with E-state index in [0.29, 0.717) is 0 Å². The van der Waals surface area contributed by atoms with Crippen molar-refractivity contribution in [3.8, 4) is 0 Å². The Hall–Kier alpha value is 1.38. The predicted octanol–water partition coefficient (Wildman–Crippen LogP) is 2.13. The molecule has 3 heteroatoms. The van der Waals surface area contributed by atoms with Crippen LogP contribution in [-0.2, 0) is 0 Å². The topological polar surface area (TPSA) is 0 Å². The van der Waals surface area contributed by atoms with E-state index in [1.54, 1.807) is 0 Å². The van der Waals surface area contributed by atoms with Crippen molar-refractivity contribution in [3.63, 3.8) is 0 Å². The van der Waals surface area contributed by atoms with E-state index in [1.165, 1.54) is 17.3 Å². The summed E-state index contributed by atoms with van der Waals surface area (Å²) in [7, 11) is 0. The number of hydrogen-bond donors (Lipinski definition) is 0. The molecule has 0 fully saturated rings. The first-order valence-electron chi connectivity index (χ1n) is 3.05. The van der Waals surface area contributed by atoms with Crippen molar-refractivity contribution >= 4 is 44.3 Å². The Labute approximate surface area is 71.2 Å². The second-order valence-corrected chi connectivity index (χ2v) is 12.1. The third-order valence-corrected chi connectivity index (χ3v) is 7.79. The van der Waals surface area contributed by atoms with Crippen LogP contribution in [0.5, 0.6) is 0 Å². The average Bonchev–Trinajstić information content (AvgIpc) is 1.66. The molecule has 0 rings (SSSR count). The number of rotatable bonds is 4. The molecule has 0 aromatic carbocycles. The molecule has 0 spiro atoms. The molecule has 0 atom stereocenters. The SMILES string of the molecule is CCC[CH2][SnH2][CH](Cl)Cl. The summed E-state index contributed by atoms with van der Waals surface area (Å²) in [5.74, 6) is 0. The van der Waals surface area contributed by atoms with Gasteiger partial charge in [0.25, 0.3) is 0 Å². The van der Waals surface area contributed by atoms with Gasteiger partial charge in [-0.15, -0.1) is 0 Å². The van der Waals surface area contributed by atoms with E-state index in [4.69, 9.17) is 23.2 Å². The third kappa shape index (κ3) is 7.38. The van der Waals surface area contributed by atoms with Crippen LogP contribution in [0.25, 0.3) is 0 Å². The van der Waals surface area contributed by atoms with Crippen molar-refractivity contribution in [2.24, 2.45) is 0 Å². The van der Waals surface area contributed by atoms with Gasteiger partial charge in [-0.3, -0.25) is 0 Å². The van der Waals surface area contributed by atoms with Crippen LogP contribution in [0.15, 0.2) is 0 Å². The summed E-state index contributed by atoms with van der Waals surface area (Å²) in [6.07, 6.45) is 2.63. The van der Waals surface area contributed by atoms with Gasteiger partial charge in [0.15, 0.2) is 0 Å². The monoisotopic (exact) mass is 262 g/mol. The van der Waals surface area contributed by atoms with Crippen LogP contribution in [0, 0.1) is 0 Å². The standard InChI is InChI=1S/C4H9.CHCl2.Sn.2H/c1-3-4-2;2-1-3;;;/h1,3-4H2,2H3;1H;;;. The number of hydrogen-bond acceptors (Lipinski definition) is 0. The first-order valence-corrected chi connectivity index (χ1v) is 9.11. The molecule has 0 bridgehead atoms. The Morgan fingerprint density at radius 1 is 1.50 bits per heavy atom. The zero-order chi connectivity index (χ0) is 6.41. The van der Waals surface area contributed by atoms with Gasteiger partial charge in [0.1, 0.15) is 0 Å². The summed E-state index contributed by atoms with van der Waals surface area (Å²) in [5.41, 5.74) is 0.